The van der Waals surface area contributed by atoms with Crippen molar-refractivity contribution < 1.29 is 4.39 Å². The van der Waals surface area contributed by atoms with Crippen LogP contribution in [0.15, 0.2) is 54.7 Å². The molecule has 29 heavy (non-hydrogen) atoms. The second kappa shape index (κ2) is 7.47. The van der Waals surface area contributed by atoms with Gasteiger partial charge in [0.05, 0.1) is 16.6 Å². The van der Waals surface area contributed by atoms with Gasteiger partial charge in [0.15, 0.2) is 0 Å². The first kappa shape index (κ1) is 18.1. The van der Waals surface area contributed by atoms with E-state index in [4.69, 9.17) is 0 Å². The molecule has 1 saturated carbocycles. The fraction of sp³-hybridized carbons (Fsp3) is 0.333. The molecule has 1 aliphatic rings. The Balaban J connectivity index is 1.27. The molecule has 148 valence electrons. The highest BCUT2D eigenvalue weighted by Crippen LogP contribution is 2.39. The van der Waals surface area contributed by atoms with E-state index in [0.29, 0.717) is 17.9 Å². The molecule has 0 radical (unpaired) electrons. The van der Waals surface area contributed by atoms with Gasteiger partial charge in [-0.25, -0.2) is 9.37 Å². The molecule has 0 bridgehead atoms. The molecule has 2 aromatic carbocycles. The number of nitrogens with one attached hydrogen (secondary N) is 2. The first-order chi connectivity index (χ1) is 14.2. The number of hydrogen-bond acceptors (Lipinski definition) is 3. The van der Waals surface area contributed by atoms with Gasteiger partial charge in [0.1, 0.15) is 5.82 Å². The van der Waals surface area contributed by atoms with E-state index >= 15 is 0 Å². The summed E-state index contributed by atoms with van der Waals surface area (Å²) in [7, 11) is 0. The summed E-state index contributed by atoms with van der Waals surface area (Å²) >= 11 is 0. The molecule has 0 aliphatic heterocycles. The van der Waals surface area contributed by atoms with Gasteiger partial charge < -0.3 is 10.3 Å². The van der Waals surface area contributed by atoms with Crippen LogP contribution in [0.4, 0.5) is 10.3 Å². The van der Waals surface area contributed by atoms with E-state index in [1.54, 1.807) is 12.1 Å². The average Bonchev–Trinajstić information content (AvgIpc) is 3.15. The number of para-hydroxylation sites is 2. The molecular weight excluding hydrogens is 363 g/mol. The van der Waals surface area contributed by atoms with E-state index in [1.165, 1.54) is 11.6 Å². The number of anilines is 1. The van der Waals surface area contributed by atoms with E-state index in [0.717, 1.165) is 53.6 Å². The Bertz CT molecular complexity index is 1110. The number of rotatable bonds is 4. The van der Waals surface area contributed by atoms with Crippen molar-refractivity contribution in [3.05, 3.63) is 66.1 Å². The number of fused-ring (bicyclic) bond motifs is 2. The molecule has 0 saturated heterocycles. The topological polar surface area (TPSA) is 53.6 Å². The highest BCUT2D eigenvalue weighted by atomic mass is 19.1. The van der Waals surface area contributed by atoms with Crippen LogP contribution in [-0.2, 0) is 0 Å². The van der Waals surface area contributed by atoms with Crippen molar-refractivity contribution >= 4 is 27.9 Å². The predicted molar refractivity (Wildman–Crippen MR) is 116 cm³/mol. The first-order valence-corrected chi connectivity index (χ1v) is 10.4. The number of aromatic amines is 1. The molecule has 4 aromatic rings. The molecule has 0 spiro atoms. The maximum atomic E-state index is 13.8. The van der Waals surface area contributed by atoms with E-state index in [2.05, 4.69) is 33.3 Å². The van der Waals surface area contributed by atoms with Gasteiger partial charge in [-0.2, -0.15) is 0 Å². The van der Waals surface area contributed by atoms with Crippen molar-refractivity contribution in [3.63, 3.8) is 0 Å². The number of halogens is 1. The van der Waals surface area contributed by atoms with Crippen molar-refractivity contribution in [2.45, 2.75) is 44.6 Å². The Morgan fingerprint density at radius 3 is 2.69 bits per heavy atom. The summed E-state index contributed by atoms with van der Waals surface area (Å²) in [5, 5.41) is 4.53. The number of nitrogens with zero attached hydrogens (tertiary/aromatic N) is 2. The van der Waals surface area contributed by atoms with Crippen LogP contribution in [0.1, 0.15) is 44.1 Å². The van der Waals surface area contributed by atoms with E-state index in [9.17, 15) is 4.39 Å². The SMILES string of the molecule is CC(Nc1nc2ccccc2[nH]1)C1CCC(c2ccnc3ccc(F)cc23)CC1. The van der Waals surface area contributed by atoms with Crippen LogP contribution in [0.3, 0.4) is 0 Å². The van der Waals surface area contributed by atoms with Crippen LogP contribution in [0.2, 0.25) is 0 Å². The van der Waals surface area contributed by atoms with Crippen molar-refractivity contribution in [2.75, 3.05) is 5.32 Å². The van der Waals surface area contributed by atoms with Crippen molar-refractivity contribution in [2.24, 2.45) is 5.92 Å². The minimum absolute atomic E-state index is 0.191. The van der Waals surface area contributed by atoms with Crippen LogP contribution >= 0.6 is 0 Å². The summed E-state index contributed by atoms with van der Waals surface area (Å²) < 4.78 is 13.8. The lowest BCUT2D eigenvalue weighted by Gasteiger charge is -2.33. The number of pyridine rings is 1. The minimum Gasteiger partial charge on any atom is -0.353 e. The summed E-state index contributed by atoms with van der Waals surface area (Å²) in [5.74, 6) is 1.72. The number of imidazole rings is 1. The zero-order valence-electron chi connectivity index (χ0n) is 16.5. The third-order valence-electron chi connectivity index (χ3n) is 6.41. The minimum atomic E-state index is -0.191. The van der Waals surface area contributed by atoms with E-state index < -0.39 is 0 Å². The first-order valence-electron chi connectivity index (χ1n) is 10.4. The van der Waals surface area contributed by atoms with Crippen LogP contribution < -0.4 is 5.32 Å². The molecule has 1 unspecified atom stereocenters. The molecule has 1 aliphatic carbocycles. The maximum absolute atomic E-state index is 13.8. The van der Waals surface area contributed by atoms with Gasteiger partial charge in [-0.15, -0.1) is 0 Å². The number of benzene rings is 2. The molecule has 2 heterocycles. The average molecular weight is 388 g/mol. The fourth-order valence-electron chi connectivity index (χ4n) is 4.78. The van der Waals surface area contributed by atoms with Gasteiger partial charge in [-0.05, 0) is 86.4 Å². The zero-order chi connectivity index (χ0) is 19.8. The van der Waals surface area contributed by atoms with Gasteiger partial charge in [-0.3, -0.25) is 4.98 Å². The number of H-pyrrole nitrogens is 1. The number of hydrogen-bond donors (Lipinski definition) is 2. The van der Waals surface area contributed by atoms with Gasteiger partial charge in [0, 0.05) is 17.6 Å². The normalized spacial score (nSPS) is 20.8. The lowest BCUT2D eigenvalue weighted by Crippen LogP contribution is -2.29. The van der Waals surface area contributed by atoms with Gasteiger partial charge in [-0.1, -0.05) is 12.1 Å². The molecule has 5 heteroatoms. The molecule has 0 amide bonds. The molecule has 1 fully saturated rings. The highest BCUT2D eigenvalue weighted by molar-refractivity contribution is 5.82. The largest absolute Gasteiger partial charge is 0.353 e. The van der Waals surface area contributed by atoms with Crippen molar-refractivity contribution in [3.8, 4) is 0 Å². The Labute approximate surface area is 169 Å². The quantitative estimate of drug-likeness (QED) is 0.449. The van der Waals surface area contributed by atoms with Gasteiger partial charge >= 0.3 is 0 Å². The second-order valence-electron chi connectivity index (χ2n) is 8.21. The summed E-state index contributed by atoms with van der Waals surface area (Å²) in [4.78, 5) is 12.4. The lowest BCUT2D eigenvalue weighted by atomic mass is 9.75. The van der Waals surface area contributed by atoms with Gasteiger partial charge in [0.25, 0.3) is 0 Å². The Morgan fingerprint density at radius 1 is 1.03 bits per heavy atom. The molecule has 4 nitrogen and oxygen atoms in total. The Kier molecular flexibility index (Phi) is 4.66. The van der Waals surface area contributed by atoms with Crippen LogP contribution in [0.5, 0.6) is 0 Å². The zero-order valence-corrected chi connectivity index (χ0v) is 16.5. The summed E-state index contributed by atoms with van der Waals surface area (Å²) in [5.41, 5.74) is 4.17. The maximum Gasteiger partial charge on any atom is 0.201 e. The predicted octanol–water partition coefficient (Wildman–Crippen LogP) is 6.02. The Morgan fingerprint density at radius 2 is 1.86 bits per heavy atom. The van der Waals surface area contributed by atoms with Crippen molar-refractivity contribution in [1.82, 2.24) is 15.0 Å². The van der Waals surface area contributed by atoms with Crippen LogP contribution in [0.25, 0.3) is 21.9 Å². The lowest BCUT2D eigenvalue weighted by molar-refractivity contribution is 0.301. The van der Waals surface area contributed by atoms with Crippen molar-refractivity contribution in [1.29, 1.82) is 0 Å². The Hall–Kier alpha value is -2.95. The summed E-state index contributed by atoms with van der Waals surface area (Å²) in [6.07, 6.45) is 6.39. The fourth-order valence-corrected chi connectivity index (χ4v) is 4.78. The molecule has 2 aromatic heterocycles. The monoisotopic (exact) mass is 388 g/mol. The molecular formula is C24H25FN4. The highest BCUT2D eigenvalue weighted by Gasteiger charge is 2.27. The van der Waals surface area contributed by atoms with Crippen LogP contribution in [0, 0.1) is 11.7 Å². The third-order valence-corrected chi connectivity index (χ3v) is 6.41. The third kappa shape index (κ3) is 3.57. The molecule has 1 atom stereocenters. The molecule has 5 rings (SSSR count). The number of aromatic nitrogens is 3. The molecule has 2 N–H and O–H groups in total. The smallest absolute Gasteiger partial charge is 0.201 e. The standard InChI is InChI=1S/C24H25FN4/c1-15(27-24-28-22-4-2-3-5-23(22)29-24)16-6-8-17(9-7-16)19-12-13-26-21-11-10-18(25)14-20(19)21/h2-5,10-17H,6-9H2,1H3,(H2,27,28,29). The van der Waals surface area contributed by atoms with Crippen LogP contribution in [-0.4, -0.2) is 21.0 Å². The van der Waals surface area contributed by atoms with E-state index in [1.807, 2.05) is 30.5 Å². The van der Waals surface area contributed by atoms with E-state index in [-0.39, 0.29) is 5.82 Å². The summed E-state index contributed by atoms with van der Waals surface area (Å²) in [6, 6.07) is 15.4. The summed E-state index contributed by atoms with van der Waals surface area (Å²) in [6.45, 7) is 2.25. The second-order valence-corrected chi connectivity index (χ2v) is 8.21. The van der Waals surface area contributed by atoms with Gasteiger partial charge in [0.2, 0.25) is 5.95 Å².